The van der Waals surface area contributed by atoms with E-state index in [1.807, 2.05) is 0 Å². The number of aliphatic carboxylic acids is 1. The average molecular weight is 596 g/mol. The predicted octanol–water partition coefficient (Wildman–Crippen LogP) is 5.76. The molecule has 2 atom stereocenters. The second kappa shape index (κ2) is 12.1. The van der Waals surface area contributed by atoms with Crippen LogP contribution in [-0.4, -0.2) is 50.8 Å². The number of hydrogen-bond acceptors (Lipinski definition) is 7. The Kier molecular flexibility index (Phi) is 8.83. The number of carboxylic acids is 1. The Labute approximate surface area is 237 Å². The molecule has 1 heterocycles. The van der Waals surface area contributed by atoms with Gasteiger partial charge in [-0.15, -0.1) is 13.2 Å². The lowest BCUT2D eigenvalue weighted by atomic mass is 9.97. The highest BCUT2D eigenvalue weighted by atomic mass is 35.5. The molecule has 1 aliphatic rings. The minimum atomic E-state index is -5.02. The van der Waals surface area contributed by atoms with E-state index >= 15 is 0 Å². The van der Waals surface area contributed by atoms with Crippen LogP contribution in [0.1, 0.15) is 29.2 Å². The highest BCUT2D eigenvalue weighted by Gasteiger charge is 2.40. The number of nitrogens with zero attached hydrogens (tertiary/aromatic N) is 1. The number of anilines is 1. The summed E-state index contributed by atoms with van der Waals surface area (Å²) >= 11 is 6.33. The number of ether oxygens (including phenoxy) is 5. The minimum Gasteiger partial charge on any atom is -0.497 e. The number of fused-ring (bicyclic) bond motifs is 1. The van der Waals surface area contributed by atoms with E-state index < -0.39 is 42.6 Å². The van der Waals surface area contributed by atoms with Crippen LogP contribution in [0.2, 0.25) is 5.02 Å². The predicted molar refractivity (Wildman–Crippen MR) is 141 cm³/mol. The summed E-state index contributed by atoms with van der Waals surface area (Å²) in [7, 11) is 4.09. The van der Waals surface area contributed by atoms with Gasteiger partial charge in [-0.2, -0.15) is 0 Å². The monoisotopic (exact) mass is 595 g/mol. The van der Waals surface area contributed by atoms with Crippen molar-refractivity contribution in [2.24, 2.45) is 0 Å². The molecule has 9 nitrogen and oxygen atoms in total. The lowest BCUT2D eigenvalue weighted by Crippen LogP contribution is -2.40. The van der Waals surface area contributed by atoms with Gasteiger partial charge < -0.3 is 33.7 Å². The normalized spacial score (nSPS) is 17.0. The van der Waals surface area contributed by atoms with Crippen LogP contribution in [-0.2, 0) is 20.9 Å². The molecule has 0 spiro atoms. The Morgan fingerprint density at radius 2 is 1.76 bits per heavy atom. The Morgan fingerprint density at radius 3 is 2.39 bits per heavy atom. The number of benzene rings is 3. The van der Waals surface area contributed by atoms with Crippen LogP contribution in [0.25, 0.3) is 0 Å². The molecule has 0 aliphatic carbocycles. The maximum absolute atomic E-state index is 13.9. The highest BCUT2D eigenvalue weighted by molar-refractivity contribution is 6.30. The van der Waals surface area contributed by atoms with Gasteiger partial charge in [0.2, 0.25) is 0 Å². The number of rotatable bonds is 9. The Hall–Kier alpha value is -4.16. The summed E-state index contributed by atoms with van der Waals surface area (Å²) in [6.07, 6.45) is -8.56. The summed E-state index contributed by atoms with van der Waals surface area (Å²) in [6, 6.07) is 13.4. The van der Waals surface area contributed by atoms with Crippen LogP contribution in [0.3, 0.4) is 0 Å². The Bertz CT molecular complexity index is 1450. The zero-order valence-electron chi connectivity index (χ0n) is 22.0. The molecule has 0 unspecified atom stereocenters. The molecule has 1 aliphatic heterocycles. The van der Waals surface area contributed by atoms with E-state index in [4.69, 9.17) is 30.5 Å². The zero-order chi connectivity index (χ0) is 29.9. The van der Waals surface area contributed by atoms with E-state index in [0.717, 1.165) is 13.2 Å². The van der Waals surface area contributed by atoms with Crippen molar-refractivity contribution >= 4 is 29.2 Å². The fraction of sp³-hybridized carbons (Fsp3) is 0.286. The van der Waals surface area contributed by atoms with E-state index in [0.29, 0.717) is 22.7 Å². The molecule has 0 radical (unpaired) electrons. The van der Waals surface area contributed by atoms with E-state index in [1.165, 1.54) is 43.4 Å². The maximum atomic E-state index is 13.9. The van der Waals surface area contributed by atoms with Gasteiger partial charge >= 0.3 is 12.3 Å². The van der Waals surface area contributed by atoms with E-state index in [2.05, 4.69) is 4.74 Å². The van der Waals surface area contributed by atoms with Crippen LogP contribution in [0, 0.1) is 0 Å². The molecule has 13 heteroatoms. The summed E-state index contributed by atoms with van der Waals surface area (Å²) in [5.74, 6) is -2.06. The molecule has 0 saturated heterocycles. The first kappa shape index (κ1) is 29.8. The average Bonchev–Trinajstić information content (AvgIpc) is 3.02. The van der Waals surface area contributed by atoms with Crippen molar-refractivity contribution in [1.29, 1.82) is 0 Å². The molecule has 0 aromatic heterocycles. The second-order valence-electron chi connectivity index (χ2n) is 8.83. The molecule has 218 valence electrons. The number of methoxy groups -OCH3 is 3. The molecule has 41 heavy (non-hydrogen) atoms. The first-order valence-corrected chi connectivity index (χ1v) is 12.4. The van der Waals surface area contributed by atoms with Gasteiger partial charge in [-0.1, -0.05) is 23.7 Å². The molecule has 4 rings (SSSR count). The molecular weight excluding hydrogens is 571 g/mol. The fourth-order valence-electron chi connectivity index (χ4n) is 4.58. The van der Waals surface area contributed by atoms with Crippen LogP contribution >= 0.6 is 11.6 Å². The summed E-state index contributed by atoms with van der Waals surface area (Å²) in [6.45, 7) is -0.0683. The molecule has 0 saturated carbocycles. The van der Waals surface area contributed by atoms with Crippen molar-refractivity contribution in [1.82, 2.24) is 0 Å². The molecular formula is C28H25ClF3NO8. The third kappa shape index (κ3) is 6.60. The van der Waals surface area contributed by atoms with E-state index in [9.17, 15) is 27.9 Å². The number of para-hydroxylation sites is 1. The molecule has 3 aromatic rings. The smallest absolute Gasteiger partial charge is 0.497 e. The van der Waals surface area contributed by atoms with Crippen LogP contribution in [0.15, 0.2) is 54.6 Å². The number of carbonyl (C=O) groups is 2. The summed E-state index contributed by atoms with van der Waals surface area (Å²) in [5, 5.41) is 9.85. The SMILES string of the molecule is COc1ccc(CN2C(=O)[C@@H](CC(=O)O)O[C@H](c3cccc(OC(F)(F)F)c3OC)c3cc(Cl)ccc32)c(OC)c1. The summed E-state index contributed by atoms with van der Waals surface area (Å²) in [5.41, 5.74) is 1.20. The topological polar surface area (TPSA) is 104 Å². The van der Waals surface area contributed by atoms with Gasteiger partial charge in [-0.25, -0.2) is 0 Å². The van der Waals surface area contributed by atoms with Crippen LogP contribution < -0.4 is 23.8 Å². The van der Waals surface area contributed by atoms with Gasteiger partial charge in [-0.05, 0) is 36.4 Å². The van der Waals surface area contributed by atoms with Crippen molar-refractivity contribution in [2.45, 2.75) is 31.5 Å². The standard InChI is InChI=1S/C28H25ClF3NO8/c1-37-17-9-7-15(22(12-17)38-2)14-33-20-10-8-16(29)11-19(20)25(40-23(27(33)36)13-24(34)35)18-5-4-6-21(26(18)39-3)41-28(30,31)32/h4-12,23,25H,13-14H2,1-3H3,(H,34,35)/t23-,25-/m1/s1. The molecule has 1 N–H and O–H groups in total. The minimum absolute atomic E-state index is 0.0600. The largest absolute Gasteiger partial charge is 0.573 e. The van der Waals surface area contributed by atoms with Crippen molar-refractivity contribution in [3.05, 3.63) is 76.3 Å². The molecule has 0 bridgehead atoms. The van der Waals surface area contributed by atoms with Crippen LogP contribution in [0.5, 0.6) is 23.0 Å². The number of alkyl halides is 3. The van der Waals surface area contributed by atoms with Crippen molar-refractivity contribution in [3.63, 3.8) is 0 Å². The van der Waals surface area contributed by atoms with Crippen LogP contribution in [0.4, 0.5) is 18.9 Å². The number of hydrogen-bond donors (Lipinski definition) is 1. The van der Waals surface area contributed by atoms with Crippen molar-refractivity contribution in [2.75, 3.05) is 26.2 Å². The third-order valence-electron chi connectivity index (χ3n) is 6.31. The first-order chi connectivity index (χ1) is 19.4. The van der Waals surface area contributed by atoms with Gasteiger partial charge in [0.15, 0.2) is 11.5 Å². The van der Waals surface area contributed by atoms with Gasteiger partial charge in [0, 0.05) is 27.8 Å². The third-order valence-corrected chi connectivity index (χ3v) is 6.54. The Balaban J connectivity index is 1.91. The number of carboxylic acid groups (broad SMARTS) is 1. The van der Waals surface area contributed by atoms with Gasteiger partial charge in [0.25, 0.3) is 5.91 Å². The van der Waals surface area contributed by atoms with Gasteiger partial charge in [0.05, 0.1) is 40.0 Å². The molecule has 3 aromatic carbocycles. The number of halogens is 4. The molecule has 1 amide bonds. The van der Waals surface area contributed by atoms with Crippen molar-refractivity contribution in [3.8, 4) is 23.0 Å². The number of carbonyl (C=O) groups excluding carboxylic acids is 1. The molecule has 0 fully saturated rings. The summed E-state index contributed by atoms with van der Waals surface area (Å²) in [4.78, 5) is 27.0. The second-order valence-corrected chi connectivity index (χ2v) is 9.27. The lowest BCUT2D eigenvalue weighted by Gasteiger charge is -2.26. The van der Waals surface area contributed by atoms with Crippen molar-refractivity contribution < 1.29 is 51.6 Å². The number of amides is 1. The lowest BCUT2D eigenvalue weighted by molar-refractivity contribution is -0.275. The Morgan fingerprint density at radius 1 is 1.00 bits per heavy atom. The van der Waals surface area contributed by atoms with Gasteiger partial charge in [0.1, 0.15) is 23.7 Å². The van der Waals surface area contributed by atoms with E-state index in [-0.39, 0.29) is 28.4 Å². The first-order valence-electron chi connectivity index (χ1n) is 12.1. The summed E-state index contributed by atoms with van der Waals surface area (Å²) < 4.78 is 65.7. The van der Waals surface area contributed by atoms with E-state index in [1.54, 1.807) is 24.3 Å². The zero-order valence-corrected chi connectivity index (χ0v) is 22.8. The fourth-order valence-corrected chi connectivity index (χ4v) is 4.76. The van der Waals surface area contributed by atoms with Gasteiger partial charge in [-0.3, -0.25) is 9.59 Å². The quantitative estimate of drug-likeness (QED) is 0.333. The maximum Gasteiger partial charge on any atom is 0.573 e. The highest BCUT2D eigenvalue weighted by Crippen LogP contribution is 2.46.